The van der Waals surface area contributed by atoms with E-state index >= 15 is 0 Å². The van der Waals surface area contributed by atoms with Crippen LogP contribution in [0.3, 0.4) is 0 Å². The van der Waals surface area contributed by atoms with Gasteiger partial charge in [0, 0.05) is 12.6 Å². The van der Waals surface area contributed by atoms with Crippen LogP contribution in [0.2, 0.25) is 0 Å². The van der Waals surface area contributed by atoms with Gasteiger partial charge in [-0.25, -0.2) is 0 Å². The van der Waals surface area contributed by atoms with Crippen molar-refractivity contribution in [2.45, 2.75) is 32.9 Å². The summed E-state index contributed by atoms with van der Waals surface area (Å²) in [5.41, 5.74) is -0.105. The Morgan fingerprint density at radius 2 is 2.05 bits per heavy atom. The second kappa shape index (κ2) is 8.83. The number of nitrogens with one attached hydrogen (secondary N) is 3. The number of hydrogen-bond acceptors (Lipinski definition) is 3. The third-order valence-electron chi connectivity index (χ3n) is 2.17. The molecule has 0 unspecified atom stereocenters. The van der Waals surface area contributed by atoms with E-state index in [0.29, 0.717) is 12.5 Å². The molecule has 0 aliphatic carbocycles. The monoisotopic (exact) mass is 394 g/mol. The summed E-state index contributed by atoms with van der Waals surface area (Å²) >= 11 is 0. The summed E-state index contributed by atoms with van der Waals surface area (Å²) in [5.74, 6) is 1.21. The minimum Gasteiger partial charge on any atom is -0.467 e. The zero-order valence-corrected chi connectivity index (χ0v) is 14.6. The van der Waals surface area contributed by atoms with E-state index in [1.54, 1.807) is 19.4 Å². The van der Waals surface area contributed by atoms with E-state index in [9.17, 15) is 4.79 Å². The van der Waals surface area contributed by atoms with Crippen molar-refractivity contribution in [2.24, 2.45) is 4.99 Å². The molecule has 0 aromatic carbocycles. The number of aliphatic imine (C=N–C) groups is 1. The number of carbonyl (C=O) groups is 1. The molecule has 0 fully saturated rings. The highest BCUT2D eigenvalue weighted by molar-refractivity contribution is 14.0. The van der Waals surface area contributed by atoms with Gasteiger partial charge in [0.1, 0.15) is 5.76 Å². The predicted molar refractivity (Wildman–Crippen MR) is 90.2 cm³/mol. The summed E-state index contributed by atoms with van der Waals surface area (Å²) < 4.78 is 5.13. The van der Waals surface area contributed by atoms with E-state index in [2.05, 4.69) is 20.9 Å². The Morgan fingerprint density at radius 3 is 2.55 bits per heavy atom. The van der Waals surface area contributed by atoms with Crippen molar-refractivity contribution in [3.05, 3.63) is 24.2 Å². The minimum absolute atomic E-state index is 0. The van der Waals surface area contributed by atoms with Gasteiger partial charge < -0.3 is 20.4 Å². The zero-order valence-electron chi connectivity index (χ0n) is 12.3. The van der Waals surface area contributed by atoms with Crippen LogP contribution in [0.25, 0.3) is 0 Å². The molecular weight excluding hydrogens is 371 g/mol. The van der Waals surface area contributed by atoms with Crippen LogP contribution in [-0.2, 0) is 11.3 Å². The topological polar surface area (TPSA) is 78.7 Å². The van der Waals surface area contributed by atoms with Crippen molar-refractivity contribution >= 4 is 35.8 Å². The van der Waals surface area contributed by atoms with Gasteiger partial charge in [-0.3, -0.25) is 9.79 Å². The van der Waals surface area contributed by atoms with E-state index in [1.807, 2.05) is 26.8 Å². The Kier molecular flexibility index (Phi) is 8.28. The van der Waals surface area contributed by atoms with Crippen LogP contribution in [0, 0.1) is 0 Å². The van der Waals surface area contributed by atoms with Crippen LogP contribution in [0.1, 0.15) is 26.5 Å². The van der Waals surface area contributed by atoms with Crippen molar-refractivity contribution in [1.29, 1.82) is 0 Å². The fourth-order valence-electron chi connectivity index (χ4n) is 1.36. The maximum Gasteiger partial charge on any atom is 0.239 e. The van der Waals surface area contributed by atoms with Gasteiger partial charge in [-0.15, -0.1) is 24.0 Å². The molecule has 1 aromatic rings. The van der Waals surface area contributed by atoms with Crippen molar-refractivity contribution in [3.63, 3.8) is 0 Å². The van der Waals surface area contributed by atoms with Crippen molar-refractivity contribution in [3.8, 4) is 0 Å². The number of furan rings is 1. The quantitative estimate of drug-likeness (QED) is 0.411. The van der Waals surface area contributed by atoms with Gasteiger partial charge in [0.15, 0.2) is 5.96 Å². The lowest BCUT2D eigenvalue weighted by molar-refractivity contribution is -0.120. The molecule has 114 valence electrons. The van der Waals surface area contributed by atoms with Gasteiger partial charge in [-0.05, 0) is 32.9 Å². The average Bonchev–Trinajstić information content (AvgIpc) is 2.83. The van der Waals surface area contributed by atoms with Crippen LogP contribution >= 0.6 is 24.0 Å². The highest BCUT2D eigenvalue weighted by Crippen LogP contribution is 1.98. The van der Waals surface area contributed by atoms with E-state index in [1.165, 1.54) is 0 Å². The molecule has 1 heterocycles. The first-order valence-corrected chi connectivity index (χ1v) is 6.18. The summed E-state index contributed by atoms with van der Waals surface area (Å²) in [7, 11) is 1.67. The maximum absolute atomic E-state index is 11.6. The Morgan fingerprint density at radius 1 is 1.35 bits per heavy atom. The Labute approximate surface area is 136 Å². The molecule has 3 N–H and O–H groups in total. The Hall–Kier alpha value is -1.25. The van der Waals surface area contributed by atoms with Crippen LogP contribution in [-0.4, -0.2) is 31.0 Å². The molecule has 0 radical (unpaired) electrons. The molecule has 0 atom stereocenters. The minimum atomic E-state index is -0.117. The van der Waals surface area contributed by atoms with Gasteiger partial charge in [0.25, 0.3) is 0 Å². The molecular formula is C13H23IN4O2. The molecule has 0 spiro atoms. The van der Waals surface area contributed by atoms with Crippen LogP contribution < -0.4 is 16.0 Å². The van der Waals surface area contributed by atoms with Gasteiger partial charge in [0.2, 0.25) is 5.91 Å². The molecule has 20 heavy (non-hydrogen) atoms. The first-order chi connectivity index (χ1) is 8.90. The van der Waals surface area contributed by atoms with Crippen molar-refractivity contribution < 1.29 is 9.21 Å². The molecule has 1 aromatic heterocycles. The second-order valence-corrected chi connectivity index (χ2v) is 5.16. The van der Waals surface area contributed by atoms with Crippen molar-refractivity contribution in [2.75, 3.05) is 13.6 Å². The van der Waals surface area contributed by atoms with Gasteiger partial charge >= 0.3 is 0 Å². The number of halogens is 1. The normalized spacial score (nSPS) is 11.5. The van der Waals surface area contributed by atoms with Gasteiger partial charge in [0.05, 0.1) is 19.4 Å². The maximum atomic E-state index is 11.6. The first-order valence-electron chi connectivity index (χ1n) is 6.18. The summed E-state index contributed by atoms with van der Waals surface area (Å²) in [6.45, 7) is 6.62. The predicted octanol–water partition coefficient (Wildman–Crippen LogP) is 1.48. The molecule has 7 heteroatoms. The molecule has 0 saturated carbocycles. The first kappa shape index (κ1) is 18.8. The highest BCUT2D eigenvalue weighted by Gasteiger charge is 2.12. The highest BCUT2D eigenvalue weighted by atomic mass is 127. The largest absolute Gasteiger partial charge is 0.467 e. The summed E-state index contributed by atoms with van der Waals surface area (Å²) in [6, 6.07) is 3.60. The fourth-order valence-corrected chi connectivity index (χ4v) is 1.36. The molecule has 0 bridgehead atoms. The lowest BCUT2D eigenvalue weighted by Crippen LogP contribution is -2.49. The Balaban J connectivity index is 0.00000361. The van der Waals surface area contributed by atoms with Crippen LogP contribution in [0.4, 0.5) is 0 Å². The van der Waals surface area contributed by atoms with E-state index in [0.717, 1.165) is 5.76 Å². The molecule has 0 aliphatic heterocycles. The standard InChI is InChI=1S/C13H22N4O2.HI/c1-13(2,3)17-12(14-4)16-9-11(18)15-8-10-6-5-7-19-10;/h5-7H,8-9H2,1-4H3,(H,15,18)(H2,14,16,17);1H. The third kappa shape index (κ3) is 8.03. The molecule has 1 rings (SSSR count). The number of amides is 1. The third-order valence-corrected chi connectivity index (χ3v) is 2.17. The Bertz CT molecular complexity index is 424. The molecule has 0 saturated heterocycles. The summed E-state index contributed by atoms with van der Waals surface area (Å²) in [6.07, 6.45) is 1.58. The number of guanidine groups is 1. The summed E-state index contributed by atoms with van der Waals surface area (Å²) in [4.78, 5) is 15.7. The number of rotatable bonds is 4. The SMILES string of the molecule is CN=C(NCC(=O)NCc1ccco1)NC(C)(C)C.I. The number of carbonyl (C=O) groups excluding carboxylic acids is 1. The molecule has 6 nitrogen and oxygen atoms in total. The number of hydrogen-bond donors (Lipinski definition) is 3. The van der Waals surface area contributed by atoms with E-state index in [4.69, 9.17) is 4.42 Å². The van der Waals surface area contributed by atoms with Gasteiger partial charge in [-0.1, -0.05) is 0 Å². The lowest BCUT2D eigenvalue weighted by Gasteiger charge is -2.23. The van der Waals surface area contributed by atoms with Gasteiger partial charge in [-0.2, -0.15) is 0 Å². The molecule has 0 aliphatic rings. The van der Waals surface area contributed by atoms with E-state index in [-0.39, 0.29) is 42.0 Å². The second-order valence-electron chi connectivity index (χ2n) is 5.16. The van der Waals surface area contributed by atoms with E-state index < -0.39 is 0 Å². The fraction of sp³-hybridized carbons (Fsp3) is 0.538. The van der Waals surface area contributed by atoms with Crippen LogP contribution in [0.5, 0.6) is 0 Å². The van der Waals surface area contributed by atoms with Crippen molar-refractivity contribution in [1.82, 2.24) is 16.0 Å². The molecule has 1 amide bonds. The van der Waals surface area contributed by atoms with Crippen LogP contribution in [0.15, 0.2) is 27.8 Å². The lowest BCUT2D eigenvalue weighted by atomic mass is 10.1. The average molecular weight is 394 g/mol. The zero-order chi connectivity index (χ0) is 14.3. The smallest absolute Gasteiger partial charge is 0.239 e. The summed E-state index contributed by atoms with van der Waals surface area (Å²) in [5, 5.41) is 8.87. The number of nitrogens with zero attached hydrogens (tertiary/aromatic N) is 1.